The van der Waals surface area contributed by atoms with Crippen molar-refractivity contribution in [2.45, 2.75) is 13.3 Å². The maximum absolute atomic E-state index is 11.2. The van der Waals surface area contributed by atoms with Crippen molar-refractivity contribution >= 4 is 5.69 Å². The highest BCUT2D eigenvalue weighted by Crippen LogP contribution is 2.08. The number of anilines is 1. The van der Waals surface area contributed by atoms with E-state index in [1.54, 1.807) is 0 Å². The van der Waals surface area contributed by atoms with Crippen molar-refractivity contribution in [3.63, 3.8) is 0 Å². The summed E-state index contributed by atoms with van der Waals surface area (Å²) in [6, 6.07) is 9.01. The topological polar surface area (TPSA) is 71.8 Å². The highest BCUT2D eigenvalue weighted by molar-refractivity contribution is 5.39. The van der Waals surface area contributed by atoms with Gasteiger partial charge in [-0.25, -0.2) is 4.98 Å². The van der Waals surface area contributed by atoms with Crippen LogP contribution in [0.5, 0.6) is 0 Å². The summed E-state index contributed by atoms with van der Waals surface area (Å²) in [7, 11) is 0. The molecule has 82 valence electrons. The third-order valence-electron chi connectivity index (χ3n) is 2.27. The molecule has 1 aromatic carbocycles. The van der Waals surface area contributed by atoms with Crippen molar-refractivity contribution in [3.8, 4) is 0 Å². The SMILES string of the molecule is Cc1cc(=O)[nH]c(Cc2ccc(N)cc2)n1. The van der Waals surface area contributed by atoms with Crippen LogP contribution < -0.4 is 11.3 Å². The fourth-order valence-corrected chi connectivity index (χ4v) is 1.55. The number of aryl methyl sites for hydroxylation is 1. The van der Waals surface area contributed by atoms with E-state index in [1.807, 2.05) is 31.2 Å². The first kappa shape index (κ1) is 10.4. The van der Waals surface area contributed by atoms with Crippen LogP contribution in [0.1, 0.15) is 17.1 Å². The van der Waals surface area contributed by atoms with Gasteiger partial charge in [0, 0.05) is 23.9 Å². The molecule has 0 saturated heterocycles. The van der Waals surface area contributed by atoms with Crippen LogP contribution in [-0.2, 0) is 6.42 Å². The molecule has 0 unspecified atom stereocenters. The van der Waals surface area contributed by atoms with E-state index in [-0.39, 0.29) is 5.56 Å². The Hall–Kier alpha value is -2.10. The molecule has 4 nitrogen and oxygen atoms in total. The molecule has 0 fully saturated rings. The Kier molecular flexibility index (Phi) is 2.72. The summed E-state index contributed by atoms with van der Waals surface area (Å²) in [5, 5.41) is 0. The lowest BCUT2D eigenvalue weighted by Gasteiger charge is -2.02. The van der Waals surface area contributed by atoms with Gasteiger partial charge in [-0.2, -0.15) is 0 Å². The molecule has 0 atom stereocenters. The predicted molar refractivity (Wildman–Crippen MR) is 63.3 cm³/mol. The molecule has 2 rings (SSSR count). The summed E-state index contributed by atoms with van der Waals surface area (Å²) in [6.45, 7) is 1.81. The van der Waals surface area contributed by atoms with Gasteiger partial charge in [0.05, 0.1) is 0 Å². The Labute approximate surface area is 93.2 Å². The van der Waals surface area contributed by atoms with Gasteiger partial charge in [0.2, 0.25) is 0 Å². The normalized spacial score (nSPS) is 10.3. The van der Waals surface area contributed by atoms with Gasteiger partial charge in [-0.05, 0) is 24.6 Å². The Bertz CT molecular complexity index is 543. The van der Waals surface area contributed by atoms with E-state index in [0.717, 1.165) is 16.9 Å². The third-order valence-corrected chi connectivity index (χ3v) is 2.27. The van der Waals surface area contributed by atoms with Gasteiger partial charge in [0.25, 0.3) is 5.56 Å². The Balaban J connectivity index is 2.26. The summed E-state index contributed by atoms with van der Waals surface area (Å²) in [5.41, 5.74) is 8.02. The third kappa shape index (κ3) is 2.48. The van der Waals surface area contributed by atoms with Gasteiger partial charge in [-0.3, -0.25) is 4.79 Å². The molecule has 0 spiro atoms. The minimum Gasteiger partial charge on any atom is -0.399 e. The first-order valence-corrected chi connectivity index (χ1v) is 5.05. The highest BCUT2D eigenvalue weighted by atomic mass is 16.1. The summed E-state index contributed by atoms with van der Waals surface area (Å²) in [6.07, 6.45) is 0.608. The second-order valence-corrected chi connectivity index (χ2v) is 3.75. The zero-order chi connectivity index (χ0) is 11.5. The van der Waals surface area contributed by atoms with Gasteiger partial charge >= 0.3 is 0 Å². The number of benzene rings is 1. The van der Waals surface area contributed by atoms with Crippen LogP contribution >= 0.6 is 0 Å². The number of nitrogens with two attached hydrogens (primary N) is 1. The van der Waals surface area contributed by atoms with Crippen molar-refractivity contribution in [1.29, 1.82) is 0 Å². The van der Waals surface area contributed by atoms with Gasteiger partial charge in [0.1, 0.15) is 5.82 Å². The van der Waals surface area contributed by atoms with E-state index in [4.69, 9.17) is 5.73 Å². The van der Waals surface area contributed by atoms with E-state index in [9.17, 15) is 4.79 Å². The van der Waals surface area contributed by atoms with E-state index in [1.165, 1.54) is 6.07 Å². The molecule has 0 bridgehead atoms. The van der Waals surface area contributed by atoms with E-state index >= 15 is 0 Å². The molecular weight excluding hydrogens is 202 g/mol. The quantitative estimate of drug-likeness (QED) is 0.740. The van der Waals surface area contributed by atoms with Gasteiger partial charge in [0.15, 0.2) is 0 Å². The fraction of sp³-hybridized carbons (Fsp3) is 0.167. The molecule has 16 heavy (non-hydrogen) atoms. The molecule has 0 saturated carbocycles. The smallest absolute Gasteiger partial charge is 0.251 e. The van der Waals surface area contributed by atoms with Crippen LogP contribution in [0.4, 0.5) is 5.69 Å². The van der Waals surface area contributed by atoms with Crippen molar-refractivity contribution in [2.75, 3.05) is 5.73 Å². The van der Waals surface area contributed by atoms with Crippen molar-refractivity contribution in [3.05, 3.63) is 57.8 Å². The summed E-state index contributed by atoms with van der Waals surface area (Å²) >= 11 is 0. The number of aromatic amines is 1. The number of hydrogen-bond acceptors (Lipinski definition) is 3. The number of H-pyrrole nitrogens is 1. The van der Waals surface area contributed by atoms with Crippen molar-refractivity contribution in [2.24, 2.45) is 0 Å². The second kappa shape index (κ2) is 4.18. The number of nitrogen functional groups attached to an aromatic ring is 1. The lowest BCUT2D eigenvalue weighted by atomic mass is 10.1. The molecule has 4 heteroatoms. The zero-order valence-corrected chi connectivity index (χ0v) is 9.03. The fourth-order valence-electron chi connectivity index (χ4n) is 1.55. The van der Waals surface area contributed by atoms with Crippen LogP contribution in [0.15, 0.2) is 35.1 Å². The number of rotatable bonds is 2. The molecule has 0 aliphatic rings. The number of hydrogen-bond donors (Lipinski definition) is 2. The van der Waals surface area contributed by atoms with Gasteiger partial charge in [-0.1, -0.05) is 12.1 Å². The maximum atomic E-state index is 11.2. The van der Waals surface area contributed by atoms with Crippen molar-refractivity contribution < 1.29 is 0 Å². The molecule has 1 aromatic heterocycles. The van der Waals surface area contributed by atoms with Crippen molar-refractivity contribution in [1.82, 2.24) is 9.97 Å². The number of nitrogens with one attached hydrogen (secondary N) is 1. The highest BCUT2D eigenvalue weighted by Gasteiger charge is 2.00. The second-order valence-electron chi connectivity index (χ2n) is 3.75. The molecule has 3 N–H and O–H groups in total. The standard InChI is InChI=1S/C12H13N3O/c1-8-6-12(16)15-11(14-8)7-9-2-4-10(13)5-3-9/h2-6H,7,13H2,1H3,(H,14,15,16). The molecule has 0 amide bonds. The zero-order valence-electron chi connectivity index (χ0n) is 9.03. The largest absolute Gasteiger partial charge is 0.399 e. The average Bonchev–Trinajstić information content (AvgIpc) is 2.20. The van der Waals surface area contributed by atoms with Gasteiger partial charge < -0.3 is 10.7 Å². The Morgan fingerprint density at radius 3 is 2.62 bits per heavy atom. The summed E-state index contributed by atoms with van der Waals surface area (Å²) < 4.78 is 0. The first-order valence-electron chi connectivity index (χ1n) is 5.05. The van der Waals surface area contributed by atoms with Gasteiger partial charge in [-0.15, -0.1) is 0 Å². The molecule has 2 aromatic rings. The van der Waals surface area contributed by atoms with Crippen LogP contribution in [-0.4, -0.2) is 9.97 Å². The minimum absolute atomic E-state index is 0.113. The Morgan fingerprint density at radius 2 is 2.00 bits per heavy atom. The van der Waals surface area contributed by atoms with E-state index in [0.29, 0.717) is 12.2 Å². The first-order chi connectivity index (χ1) is 7.63. The predicted octanol–water partition coefficient (Wildman–Crippen LogP) is 1.25. The Morgan fingerprint density at radius 1 is 1.31 bits per heavy atom. The molecule has 0 radical (unpaired) electrons. The molecule has 0 aliphatic heterocycles. The lowest BCUT2D eigenvalue weighted by molar-refractivity contribution is 0.921. The lowest BCUT2D eigenvalue weighted by Crippen LogP contribution is -2.11. The van der Waals surface area contributed by atoms with E-state index < -0.39 is 0 Å². The number of aromatic nitrogens is 2. The van der Waals surface area contributed by atoms with Crippen LogP contribution in [0.3, 0.4) is 0 Å². The minimum atomic E-state index is -0.113. The van der Waals surface area contributed by atoms with Crippen LogP contribution in [0, 0.1) is 6.92 Å². The monoisotopic (exact) mass is 215 g/mol. The summed E-state index contributed by atoms with van der Waals surface area (Å²) in [5.74, 6) is 0.676. The van der Waals surface area contributed by atoms with E-state index in [2.05, 4.69) is 9.97 Å². The maximum Gasteiger partial charge on any atom is 0.251 e. The molecular formula is C12H13N3O. The summed E-state index contributed by atoms with van der Waals surface area (Å²) in [4.78, 5) is 18.2. The molecule has 0 aliphatic carbocycles. The molecule has 1 heterocycles. The number of nitrogens with zero attached hydrogens (tertiary/aromatic N) is 1. The van der Waals surface area contributed by atoms with Crippen LogP contribution in [0.2, 0.25) is 0 Å². The van der Waals surface area contributed by atoms with Crippen LogP contribution in [0.25, 0.3) is 0 Å². The average molecular weight is 215 g/mol.